The molecule has 0 saturated heterocycles. The molecule has 0 N–H and O–H groups in total. The average molecular weight is 149 g/mol. The summed E-state index contributed by atoms with van der Waals surface area (Å²) < 4.78 is 0. The number of rotatable bonds is 4. The van der Waals surface area contributed by atoms with Crippen molar-refractivity contribution in [2.24, 2.45) is 0 Å². The molecule has 0 aromatic rings. The average Bonchev–Trinajstić information content (AvgIpc) is 1.81. The summed E-state index contributed by atoms with van der Waals surface area (Å²) in [6.45, 7) is 13.6. The second-order valence-corrected chi connectivity index (χ2v) is 3.17. The van der Waals surface area contributed by atoms with E-state index in [2.05, 4.69) is 39.2 Å². The maximum atomic E-state index is 3.72. The summed E-state index contributed by atoms with van der Waals surface area (Å²) in [6.07, 6.45) is 1.96. The Bertz CT molecular complexity index is 91.7. The molecule has 0 aromatic carbocycles. The van der Waals surface area contributed by atoms with E-state index < -0.39 is 0 Å². The summed E-state index contributed by atoms with van der Waals surface area (Å²) in [6, 6.07) is 1.25. The van der Waals surface area contributed by atoms with Gasteiger partial charge in [0.25, 0.3) is 0 Å². The third-order valence-corrected chi connectivity index (χ3v) is 1.67. The molecule has 11 heavy (non-hydrogen) atoms. The molecular weight excluding hydrogens is 129 g/mol. The molecule has 62 valence electrons. The summed E-state index contributed by atoms with van der Waals surface area (Å²) >= 11 is 0. The van der Waals surface area contributed by atoms with Crippen LogP contribution in [0.4, 0.5) is 0 Å². The van der Waals surface area contributed by atoms with Gasteiger partial charge in [0.2, 0.25) is 0 Å². The van der Waals surface area contributed by atoms with Gasteiger partial charge in [-0.3, -0.25) is 4.90 Å². The fraction of sp³-hybridized carbons (Fsp3) is 0.778. The predicted molar refractivity (Wildman–Crippen MR) is 54.3 cm³/mol. The first-order valence-corrected chi connectivity index (χ1v) is 3.96. The molecule has 0 atom stereocenters. The van der Waals surface area contributed by atoms with Gasteiger partial charge >= 0.3 is 18.9 Å². The van der Waals surface area contributed by atoms with Gasteiger partial charge in [0.1, 0.15) is 0 Å². The van der Waals surface area contributed by atoms with E-state index in [1.807, 2.05) is 6.08 Å². The van der Waals surface area contributed by atoms with Crippen LogP contribution in [-0.2, 0) is 0 Å². The summed E-state index contributed by atoms with van der Waals surface area (Å²) in [5.74, 6) is 0. The number of nitrogens with zero attached hydrogens (tertiary/aromatic N) is 1. The van der Waals surface area contributed by atoms with Crippen molar-refractivity contribution in [3.8, 4) is 0 Å². The molecule has 0 fully saturated rings. The van der Waals surface area contributed by atoms with Crippen molar-refractivity contribution >= 4 is 18.9 Å². The zero-order chi connectivity index (χ0) is 8.15. The van der Waals surface area contributed by atoms with Crippen molar-refractivity contribution < 1.29 is 0 Å². The molecule has 0 aliphatic rings. The van der Waals surface area contributed by atoms with Gasteiger partial charge in [0.15, 0.2) is 0 Å². The Kier molecular flexibility index (Phi) is 8.79. The van der Waals surface area contributed by atoms with Gasteiger partial charge in [-0.1, -0.05) is 6.08 Å². The third-order valence-electron chi connectivity index (χ3n) is 1.67. The number of hydrogen-bond donors (Lipinski definition) is 0. The first-order valence-electron chi connectivity index (χ1n) is 3.96. The van der Waals surface area contributed by atoms with Crippen LogP contribution < -0.4 is 0 Å². The summed E-state index contributed by atoms with van der Waals surface area (Å²) in [5.41, 5.74) is 0. The van der Waals surface area contributed by atoms with Crippen LogP contribution in [0, 0.1) is 0 Å². The van der Waals surface area contributed by atoms with Gasteiger partial charge in [-0.2, -0.15) is 0 Å². The molecule has 0 saturated carbocycles. The van der Waals surface area contributed by atoms with Crippen molar-refractivity contribution in [2.45, 2.75) is 39.8 Å². The summed E-state index contributed by atoms with van der Waals surface area (Å²) in [7, 11) is 0. The zero-order valence-electron chi connectivity index (χ0n) is 7.59. The van der Waals surface area contributed by atoms with Crippen LogP contribution in [0.1, 0.15) is 27.7 Å². The van der Waals surface area contributed by atoms with Crippen LogP contribution >= 0.6 is 0 Å². The monoisotopic (exact) mass is 149 g/mol. The summed E-state index contributed by atoms with van der Waals surface area (Å²) in [5, 5.41) is 0. The minimum atomic E-state index is 0. The molecule has 0 heterocycles. The molecule has 0 spiro atoms. The molecule has 0 aliphatic heterocycles. The van der Waals surface area contributed by atoms with Crippen LogP contribution in [0.15, 0.2) is 12.7 Å². The fourth-order valence-corrected chi connectivity index (χ4v) is 1.17. The molecular formula is C9H20LiN. The molecule has 0 radical (unpaired) electrons. The van der Waals surface area contributed by atoms with Crippen molar-refractivity contribution in [3.63, 3.8) is 0 Å². The first-order chi connectivity index (χ1) is 4.59. The Morgan fingerprint density at radius 2 is 1.55 bits per heavy atom. The molecule has 0 aliphatic carbocycles. The zero-order valence-corrected chi connectivity index (χ0v) is 7.59. The van der Waals surface area contributed by atoms with Crippen LogP contribution in [0.2, 0.25) is 0 Å². The fourth-order valence-electron chi connectivity index (χ4n) is 1.17. The first kappa shape index (κ1) is 13.9. The van der Waals surface area contributed by atoms with Gasteiger partial charge in [-0.15, -0.1) is 6.58 Å². The quantitative estimate of drug-likeness (QED) is 0.434. The maximum absolute atomic E-state index is 3.72. The Morgan fingerprint density at radius 3 is 1.64 bits per heavy atom. The minimum absolute atomic E-state index is 0. The van der Waals surface area contributed by atoms with Gasteiger partial charge in [-0.25, -0.2) is 0 Å². The second kappa shape index (κ2) is 6.97. The Balaban J connectivity index is 0. The molecule has 0 amide bonds. The SMILES string of the molecule is C=CCN(C(C)C)C(C)C.[LiH]. The second-order valence-electron chi connectivity index (χ2n) is 3.17. The molecule has 0 unspecified atom stereocenters. The van der Waals surface area contributed by atoms with E-state index in [1.165, 1.54) is 0 Å². The van der Waals surface area contributed by atoms with Crippen molar-refractivity contribution in [3.05, 3.63) is 12.7 Å². The molecule has 0 aromatic heterocycles. The van der Waals surface area contributed by atoms with Gasteiger partial charge in [-0.05, 0) is 27.7 Å². The van der Waals surface area contributed by atoms with E-state index in [0.717, 1.165) is 6.54 Å². The van der Waals surface area contributed by atoms with E-state index in [-0.39, 0.29) is 18.9 Å². The number of hydrogen-bond acceptors (Lipinski definition) is 1. The van der Waals surface area contributed by atoms with Crippen LogP contribution in [0.3, 0.4) is 0 Å². The van der Waals surface area contributed by atoms with E-state index in [0.29, 0.717) is 12.1 Å². The topological polar surface area (TPSA) is 3.24 Å². The Labute approximate surface area is 83.0 Å². The molecule has 1 nitrogen and oxygen atoms in total. The van der Waals surface area contributed by atoms with E-state index >= 15 is 0 Å². The standard InChI is InChI=1S/C9H19N.Li.H/c1-6-7-10(8(2)3)9(4)5;;/h6,8-9H,1,7H2,2-5H3;;. The third kappa shape index (κ3) is 5.55. The Hall–Kier alpha value is 0.297. The summed E-state index contributed by atoms with van der Waals surface area (Å²) in [4.78, 5) is 2.40. The van der Waals surface area contributed by atoms with Crippen LogP contribution in [0.5, 0.6) is 0 Å². The molecule has 0 bridgehead atoms. The predicted octanol–water partition coefficient (Wildman–Crippen LogP) is 1.64. The van der Waals surface area contributed by atoms with Crippen LogP contribution in [-0.4, -0.2) is 42.4 Å². The van der Waals surface area contributed by atoms with Gasteiger partial charge in [0.05, 0.1) is 0 Å². The van der Waals surface area contributed by atoms with E-state index in [9.17, 15) is 0 Å². The van der Waals surface area contributed by atoms with Crippen molar-refractivity contribution in [2.75, 3.05) is 6.54 Å². The Morgan fingerprint density at radius 1 is 1.18 bits per heavy atom. The van der Waals surface area contributed by atoms with Gasteiger partial charge < -0.3 is 0 Å². The molecule has 2 heteroatoms. The molecule has 0 rings (SSSR count). The van der Waals surface area contributed by atoms with E-state index in [1.54, 1.807) is 0 Å². The van der Waals surface area contributed by atoms with Crippen molar-refractivity contribution in [1.29, 1.82) is 0 Å². The van der Waals surface area contributed by atoms with Crippen LogP contribution in [0.25, 0.3) is 0 Å². The van der Waals surface area contributed by atoms with E-state index in [4.69, 9.17) is 0 Å². The normalized spacial score (nSPS) is 10.5. The van der Waals surface area contributed by atoms with Crippen molar-refractivity contribution in [1.82, 2.24) is 4.90 Å². The van der Waals surface area contributed by atoms with Gasteiger partial charge in [0, 0.05) is 18.6 Å².